The lowest BCUT2D eigenvalue weighted by Gasteiger charge is -2.23. The van der Waals surface area contributed by atoms with Crippen molar-refractivity contribution in [2.45, 2.75) is 32.0 Å². The zero-order chi connectivity index (χ0) is 18.7. The average molecular weight is 374 g/mol. The molecule has 7 nitrogen and oxygen atoms in total. The lowest BCUT2D eigenvalue weighted by Crippen LogP contribution is -2.47. The lowest BCUT2D eigenvalue weighted by atomic mass is 10.1. The molecule has 1 aliphatic rings. The van der Waals surface area contributed by atoms with Crippen molar-refractivity contribution < 1.29 is 14.7 Å². The first-order valence-electron chi connectivity index (χ1n) is 8.44. The van der Waals surface area contributed by atoms with Gasteiger partial charge in [-0.25, -0.2) is 4.98 Å². The maximum absolute atomic E-state index is 12.4. The molecule has 3 rings (SSSR count). The molecule has 2 unspecified atom stereocenters. The standard InChI is InChI=1S/C18H22N4O3S/c1-11-17(26-10-21-11)13-4-2-12(3-5-13)8-20-18(25)15-6-14(23)9-22(15)16(24)7-19/h2-5,10,14-15,23H,6-9,19H2,1H3,(H,20,25). The van der Waals surface area contributed by atoms with Crippen LogP contribution in [0.5, 0.6) is 0 Å². The number of likely N-dealkylation sites (tertiary alicyclic amines) is 1. The minimum atomic E-state index is -0.692. The number of benzene rings is 1. The topological polar surface area (TPSA) is 109 Å². The van der Waals surface area contributed by atoms with Crippen LogP contribution < -0.4 is 11.1 Å². The van der Waals surface area contributed by atoms with Gasteiger partial charge in [-0.2, -0.15) is 0 Å². The monoisotopic (exact) mass is 374 g/mol. The Morgan fingerprint density at radius 1 is 1.38 bits per heavy atom. The smallest absolute Gasteiger partial charge is 0.243 e. The van der Waals surface area contributed by atoms with Gasteiger partial charge in [-0.15, -0.1) is 11.3 Å². The summed E-state index contributed by atoms with van der Waals surface area (Å²) in [5.41, 5.74) is 10.3. The van der Waals surface area contributed by atoms with Gasteiger partial charge in [-0.3, -0.25) is 9.59 Å². The minimum absolute atomic E-state index is 0.150. The van der Waals surface area contributed by atoms with Crippen molar-refractivity contribution in [3.63, 3.8) is 0 Å². The van der Waals surface area contributed by atoms with Crippen molar-refractivity contribution in [2.24, 2.45) is 5.73 Å². The first kappa shape index (κ1) is 18.5. The second kappa shape index (κ2) is 7.94. The Balaban J connectivity index is 1.61. The third kappa shape index (κ3) is 3.92. The normalized spacial score (nSPS) is 19.6. The number of amides is 2. The number of aliphatic hydroxyl groups is 1. The molecule has 1 aromatic heterocycles. The molecule has 2 atom stereocenters. The van der Waals surface area contributed by atoms with E-state index in [-0.39, 0.29) is 31.3 Å². The van der Waals surface area contributed by atoms with Crippen molar-refractivity contribution in [3.8, 4) is 10.4 Å². The number of rotatable bonds is 5. The lowest BCUT2D eigenvalue weighted by molar-refractivity contribution is -0.137. The predicted octanol–water partition coefficient (Wildman–Crippen LogP) is 0.655. The molecule has 138 valence electrons. The maximum atomic E-state index is 12.4. The Morgan fingerprint density at radius 2 is 2.12 bits per heavy atom. The van der Waals surface area contributed by atoms with E-state index in [1.807, 2.05) is 36.7 Å². The van der Waals surface area contributed by atoms with Crippen LogP contribution in [0.25, 0.3) is 10.4 Å². The van der Waals surface area contributed by atoms with E-state index in [1.165, 1.54) is 4.90 Å². The van der Waals surface area contributed by atoms with E-state index in [4.69, 9.17) is 5.73 Å². The van der Waals surface area contributed by atoms with Crippen molar-refractivity contribution in [3.05, 3.63) is 41.0 Å². The number of carbonyl (C=O) groups is 2. The summed E-state index contributed by atoms with van der Waals surface area (Å²) in [6, 6.07) is 7.26. The van der Waals surface area contributed by atoms with Crippen LogP contribution in [-0.2, 0) is 16.1 Å². The summed E-state index contributed by atoms with van der Waals surface area (Å²) in [6.45, 7) is 2.31. The molecule has 1 aromatic carbocycles. The highest BCUT2D eigenvalue weighted by molar-refractivity contribution is 7.13. The highest BCUT2D eigenvalue weighted by Crippen LogP contribution is 2.27. The molecular weight excluding hydrogens is 352 g/mol. The Labute approximate surface area is 155 Å². The molecule has 1 fully saturated rings. The molecule has 0 aliphatic carbocycles. The number of aryl methyl sites for hydroxylation is 1. The second-order valence-corrected chi connectivity index (χ2v) is 7.19. The fourth-order valence-electron chi connectivity index (χ4n) is 3.12. The van der Waals surface area contributed by atoms with Gasteiger partial charge >= 0.3 is 0 Å². The van der Waals surface area contributed by atoms with Gasteiger partial charge in [0.2, 0.25) is 11.8 Å². The van der Waals surface area contributed by atoms with Crippen LogP contribution in [-0.4, -0.2) is 52.0 Å². The first-order chi connectivity index (χ1) is 12.5. The Bertz CT molecular complexity index is 790. The summed E-state index contributed by atoms with van der Waals surface area (Å²) in [4.78, 5) is 31.0. The van der Waals surface area contributed by atoms with Crippen molar-refractivity contribution in [1.82, 2.24) is 15.2 Å². The quantitative estimate of drug-likeness (QED) is 0.712. The Kier molecular flexibility index (Phi) is 5.65. The van der Waals surface area contributed by atoms with E-state index in [2.05, 4.69) is 10.3 Å². The molecule has 26 heavy (non-hydrogen) atoms. The van der Waals surface area contributed by atoms with Crippen LogP contribution in [0.1, 0.15) is 17.7 Å². The average Bonchev–Trinajstić information content (AvgIpc) is 3.25. The number of aliphatic hydroxyl groups excluding tert-OH is 1. The second-order valence-electron chi connectivity index (χ2n) is 6.34. The number of carbonyl (C=O) groups excluding carboxylic acids is 2. The van der Waals surface area contributed by atoms with E-state index in [0.717, 1.165) is 21.7 Å². The summed E-state index contributed by atoms with van der Waals surface area (Å²) in [5.74, 6) is -0.600. The molecule has 2 aromatic rings. The van der Waals surface area contributed by atoms with E-state index in [0.29, 0.717) is 6.54 Å². The fourth-order valence-corrected chi connectivity index (χ4v) is 3.93. The summed E-state index contributed by atoms with van der Waals surface area (Å²) in [5, 5.41) is 12.6. The molecule has 4 N–H and O–H groups in total. The maximum Gasteiger partial charge on any atom is 0.243 e. The van der Waals surface area contributed by atoms with E-state index < -0.39 is 12.1 Å². The fraction of sp³-hybridized carbons (Fsp3) is 0.389. The van der Waals surface area contributed by atoms with Crippen molar-refractivity contribution in [2.75, 3.05) is 13.1 Å². The molecule has 0 radical (unpaired) electrons. The number of nitrogens with two attached hydrogens (primary N) is 1. The van der Waals surface area contributed by atoms with Crippen LogP contribution in [0, 0.1) is 6.92 Å². The van der Waals surface area contributed by atoms with Gasteiger partial charge < -0.3 is 21.1 Å². The van der Waals surface area contributed by atoms with E-state index in [9.17, 15) is 14.7 Å². The zero-order valence-corrected chi connectivity index (χ0v) is 15.3. The van der Waals surface area contributed by atoms with Crippen LogP contribution in [0.2, 0.25) is 0 Å². The molecule has 0 bridgehead atoms. The van der Waals surface area contributed by atoms with Crippen LogP contribution in [0.3, 0.4) is 0 Å². The van der Waals surface area contributed by atoms with Gasteiger partial charge in [-0.05, 0) is 18.1 Å². The van der Waals surface area contributed by atoms with E-state index >= 15 is 0 Å². The molecule has 1 saturated heterocycles. The number of nitrogens with one attached hydrogen (secondary N) is 1. The molecule has 0 spiro atoms. The van der Waals surface area contributed by atoms with Gasteiger partial charge in [-0.1, -0.05) is 24.3 Å². The van der Waals surface area contributed by atoms with Gasteiger partial charge in [0.05, 0.1) is 28.7 Å². The molecule has 2 amide bonds. The highest BCUT2D eigenvalue weighted by atomic mass is 32.1. The molecule has 0 saturated carbocycles. The van der Waals surface area contributed by atoms with Crippen molar-refractivity contribution in [1.29, 1.82) is 0 Å². The number of β-amino-alcohol motifs (C(OH)–C–C–N with tert-alkyl or cyclic N) is 1. The number of hydrogen-bond donors (Lipinski definition) is 3. The molecule has 1 aliphatic heterocycles. The van der Waals surface area contributed by atoms with Gasteiger partial charge in [0.25, 0.3) is 0 Å². The van der Waals surface area contributed by atoms with Crippen molar-refractivity contribution >= 4 is 23.2 Å². The first-order valence-corrected chi connectivity index (χ1v) is 9.32. The summed E-state index contributed by atoms with van der Waals surface area (Å²) in [7, 11) is 0. The van der Waals surface area contributed by atoms with Gasteiger partial charge in [0.1, 0.15) is 6.04 Å². The third-order valence-corrected chi connectivity index (χ3v) is 5.48. The van der Waals surface area contributed by atoms with Gasteiger partial charge in [0, 0.05) is 19.5 Å². The molecule has 8 heteroatoms. The van der Waals surface area contributed by atoms with E-state index in [1.54, 1.807) is 11.3 Å². The van der Waals surface area contributed by atoms with Crippen LogP contribution in [0.15, 0.2) is 29.8 Å². The summed E-state index contributed by atoms with van der Waals surface area (Å²) < 4.78 is 0. The largest absolute Gasteiger partial charge is 0.391 e. The van der Waals surface area contributed by atoms with Gasteiger partial charge in [0.15, 0.2) is 0 Å². The Morgan fingerprint density at radius 3 is 2.73 bits per heavy atom. The zero-order valence-electron chi connectivity index (χ0n) is 14.5. The number of nitrogens with zero attached hydrogens (tertiary/aromatic N) is 2. The summed E-state index contributed by atoms with van der Waals surface area (Å²) in [6.07, 6.45) is -0.454. The number of thiazole rings is 1. The van der Waals surface area contributed by atoms with Crippen LogP contribution >= 0.6 is 11.3 Å². The molecular formula is C18H22N4O3S. The summed E-state index contributed by atoms with van der Waals surface area (Å²) >= 11 is 1.60. The minimum Gasteiger partial charge on any atom is -0.391 e. The predicted molar refractivity (Wildman–Crippen MR) is 99.3 cm³/mol. The van der Waals surface area contributed by atoms with Crippen LogP contribution in [0.4, 0.5) is 0 Å². The number of aromatic nitrogens is 1. The highest BCUT2D eigenvalue weighted by Gasteiger charge is 2.38. The Hall–Kier alpha value is -2.29. The number of hydrogen-bond acceptors (Lipinski definition) is 6. The molecule has 2 heterocycles. The SMILES string of the molecule is Cc1ncsc1-c1ccc(CNC(=O)C2CC(O)CN2C(=O)CN)cc1. The third-order valence-electron chi connectivity index (χ3n) is 4.51.